The average Bonchev–Trinajstić information content (AvgIpc) is 2.38. The maximum Gasteiger partial charge on any atom is 0.401 e. The number of piperazine rings is 1. The standard InChI is InChI=1S/C12H14F3N5/c13-12(14,15)8-19-1-3-20(4-2-19)11-9(6-16)5-10(17)7-18-11/h5,7H,1-4,8,17H2. The molecule has 0 spiro atoms. The van der Waals surface area contributed by atoms with Crippen LogP contribution in [-0.4, -0.2) is 48.8 Å². The van der Waals surface area contributed by atoms with Crippen LogP contribution < -0.4 is 10.6 Å². The minimum absolute atomic E-state index is 0.288. The molecule has 0 aromatic carbocycles. The van der Waals surface area contributed by atoms with Gasteiger partial charge in [0.1, 0.15) is 11.9 Å². The van der Waals surface area contributed by atoms with Gasteiger partial charge in [0, 0.05) is 26.2 Å². The molecule has 5 nitrogen and oxygen atoms in total. The lowest BCUT2D eigenvalue weighted by Crippen LogP contribution is -2.49. The molecular formula is C12H14F3N5. The molecule has 0 unspecified atom stereocenters. The Kier molecular flexibility index (Phi) is 3.99. The molecule has 0 radical (unpaired) electrons. The van der Waals surface area contributed by atoms with Crippen molar-refractivity contribution in [2.45, 2.75) is 6.18 Å². The van der Waals surface area contributed by atoms with E-state index in [2.05, 4.69) is 4.98 Å². The minimum Gasteiger partial charge on any atom is -0.397 e. The quantitative estimate of drug-likeness (QED) is 0.884. The minimum atomic E-state index is -4.18. The highest BCUT2D eigenvalue weighted by atomic mass is 19.4. The molecule has 108 valence electrons. The number of hydrogen-bond donors (Lipinski definition) is 1. The molecule has 0 saturated carbocycles. The third kappa shape index (κ3) is 3.51. The summed E-state index contributed by atoms with van der Waals surface area (Å²) in [6, 6.07) is 3.52. The first-order chi connectivity index (χ1) is 9.39. The van der Waals surface area contributed by atoms with E-state index in [1.165, 1.54) is 17.2 Å². The lowest BCUT2D eigenvalue weighted by atomic mass is 10.2. The zero-order valence-corrected chi connectivity index (χ0v) is 10.7. The summed E-state index contributed by atoms with van der Waals surface area (Å²) >= 11 is 0. The van der Waals surface area contributed by atoms with Crippen molar-refractivity contribution in [3.63, 3.8) is 0 Å². The molecule has 1 aromatic heterocycles. The number of nitrogen functional groups attached to an aromatic ring is 1. The summed E-state index contributed by atoms with van der Waals surface area (Å²) in [5.41, 5.74) is 6.29. The van der Waals surface area contributed by atoms with E-state index in [1.54, 1.807) is 0 Å². The molecule has 1 aliphatic heterocycles. The van der Waals surface area contributed by atoms with E-state index in [-0.39, 0.29) is 13.1 Å². The number of nitrogens with zero attached hydrogens (tertiary/aromatic N) is 4. The van der Waals surface area contributed by atoms with Crippen molar-refractivity contribution in [2.75, 3.05) is 43.4 Å². The number of pyridine rings is 1. The van der Waals surface area contributed by atoms with Gasteiger partial charge in [0.15, 0.2) is 0 Å². The van der Waals surface area contributed by atoms with Crippen LogP contribution in [0.1, 0.15) is 5.56 Å². The first-order valence-electron chi connectivity index (χ1n) is 6.09. The van der Waals surface area contributed by atoms with E-state index in [9.17, 15) is 13.2 Å². The van der Waals surface area contributed by atoms with Gasteiger partial charge < -0.3 is 10.6 Å². The Morgan fingerprint density at radius 3 is 2.50 bits per heavy atom. The lowest BCUT2D eigenvalue weighted by molar-refractivity contribution is -0.146. The number of rotatable bonds is 2. The van der Waals surface area contributed by atoms with Crippen molar-refractivity contribution in [1.29, 1.82) is 5.26 Å². The van der Waals surface area contributed by atoms with Crippen LogP contribution in [0.3, 0.4) is 0 Å². The van der Waals surface area contributed by atoms with Crippen molar-refractivity contribution in [3.05, 3.63) is 17.8 Å². The Labute approximate surface area is 114 Å². The summed E-state index contributed by atoms with van der Waals surface area (Å²) in [6.07, 6.45) is -2.74. The molecule has 1 fully saturated rings. The number of anilines is 2. The van der Waals surface area contributed by atoms with Crippen LogP contribution in [0, 0.1) is 11.3 Å². The molecular weight excluding hydrogens is 271 g/mol. The molecule has 8 heteroatoms. The van der Waals surface area contributed by atoms with E-state index in [0.29, 0.717) is 30.2 Å². The molecule has 2 heterocycles. The van der Waals surface area contributed by atoms with Crippen molar-refractivity contribution in [1.82, 2.24) is 9.88 Å². The second-order valence-corrected chi connectivity index (χ2v) is 4.63. The first-order valence-corrected chi connectivity index (χ1v) is 6.09. The summed E-state index contributed by atoms with van der Waals surface area (Å²) < 4.78 is 36.9. The van der Waals surface area contributed by atoms with Crippen LogP contribution in [-0.2, 0) is 0 Å². The molecule has 0 atom stereocenters. The second kappa shape index (κ2) is 5.54. The second-order valence-electron chi connectivity index (χ2n) is 4.63. The van der Waals surface area contributed by atoms with Gasteiger partial charge >= 0.3 is 6.18 Å². The first kappa shape index (κ1) is 14.4. The van der Waals surface area contributed by atoms with Crippen LogP contribution >= 0.6 is 0 Å². The Bertz CT molecular complexity index is 515. The zero-order valence-electron chi connectivity index (χ0n) is 10.7. The fourth-order valence-electron chi connectivity index (χ4n) is 2.18. The van der Waals surface area contributed by atoms with Gasteiger partial charge in [0.25, 0.3) is 0 Å². The largest absolute Gasteiger partial charge is 0.401 e. The summed E-state index contributed by atoms with van der Waals surface area (Å²) in [4.78, 5) is 7.27. The van der Waals surface area contributed by atoms with Crippen LogP contribution in [0.25, 0.3) is 0 Å². The van der Waals surface area contributed by atoms with Gasteiger partial charge in [-0.3, -0.25) is 4.90 Å². The van der Waals surface area contributed by atoms with Crippen molar-refractivity contribution >= 4 is 11.5 Å². The van der Waals surface area contributed by atoms with Crippen molar-refractivity contribution in [3.8, 4) is 6.07 Å². The maximum absolute atomic E-state index is 12.3. The Hall–Kier alpha value is -2.01. The third-order valence-electron chi connectivity index (χ3n) is 3.08. The van der Waals surface area contributed by atoms with Gasteiger partial charge in [-0.1, -0.05) is 0 Å². The smallest absolute Gasteiger partial charge is 0.397 e. The van der Waals surface area contributed by atoms with Crippen molar-refractivity contribution < 1.29 is 13.2 Å². The maximum atomic E-state index is 12.3. The van der Waals surface area contributed by atoms with Crippen LogP contribution in [0.2, 0.25) is 0 Å². The molecule has 2 rings (SSSR count). The zero-order chi connectivity index (χ0) is 14.8. The van der Waals surface area contributed by atoms with Gasteiger partial charge in [-0.05, 0) is 6.07 Å². The Balaban J connectivity index is 2.03. The summed E-state index contributed by atoms with van der Waals surface area (Å²) in [5, 5.41) is 9.05. The average molecular weight is 285 g/mol. The van der Waals surface area contributed by atoms with Gasteiger partial charge in [-0.15, -0.1) is 0 Å². The van der Waals surface area contributed by atoms with Crippen LogP contribution in [0.5, 0.6) is 0 Å². The number of alkyl halides is 3. The third-order valence-corrected chi connectivity index (χ3v) is 3.08. The van der Waals surface area contributed by atoms with E-state index >= 15 is 0 Å². The van der Waals surface area contributed by atoms with E-state index in [4.69, 9.17) is 11.0 Å². The predicted molar refractivity (Wildman–Crippen MR) is 68.1 cm³/mol. The molecule has 0 aliphatic carbocycles. The van der Waals surface area contributed by atoms with E-state index < -0.39 is 12.7 Å². The highest BCUT2D eigenvalue weighted by Gasteiger charge is 2.32. The lowest BCUT2D eigenvalue weighted by Gasteiger charge is -2.35. The topological polar surface area (TPSA) is 69.2 Å². The van der Waals surface area contributed by atoms with Gasteiger partial charge in [-0.25, -0.2) is 4.98 Å². The number of halogens is 3. The Morgan fingerprint density at radius 1 is 1.30 bits per heavy atom. The molecule has 0 bridgehead atoms. The summed E-state index contributed by atoms with van der Waals surface area (Å²) in [5.74, 6) is 0.480. The molecule has 1 aliphatic rings. The summed E-state index contributed by atoms with van der Waals surface area (Å²) in [6.45, 7) is 0.483. The van der Waals surface area contributed by atoms with Gasteiger partial charge in [-0.2, -0.15) is 18.4 Å². The van der Waals surface area contributed by atoms with Gasteiger partial charge in [0.05, 0.1) is 24.0 Å². The Morgan fingerprint density at radius 2 is 1.95 bits per heavy atom. The molecule has 0 amide bonds. The van der Waals surface area contributed by atoms with Crippen LogP contribution in [0.15, 0.2) is 12.3 Å². The number of hydrogen-bond acceptors (Lipinski definition) is 5. The molecule has 1 saturated heterocycles. The number of nitriles is 1. The fraction of sp³-hybridized carbons (Fsp3) is 0.500. The van der Waals surface area contributed by atoms with E-state index in [1.807, 2.05) is 11.0 Å². The fourth-order valence-corrected chi connectivity index (χ4v) is 2.18. The van der Waals surface area contributed by atoms with E-state index in [0.717, 1.165) is 0 Å². The monoisotopic (exact) mass is 285 g/mol. The van der Waals surface area contributed by atoms with Crippen LogP contribution in [0.4, 0.5) is 24.7 Å². The normalized spacial score (nSPS) is 17.0. The molecule has 20 heavy (non-hydrogen) atoms. The highest BCUT2D eigenvalue weighted by Crippen LogP contribution is 2.22. The van der Waals surface area contributed by atoms with Crippen molar-refractivity contribution in [2.24, 2.45) is 0 Å². The predicted octanol–water partition coefficient (Wildman–Crippen LogP) is 1.22. The number of nitrogens with two attached hydrogens (primary N) is 1. The molecule has 2 N–H and O–H groups in total. The highest BCUT2D eigenvalue weighted by molar-refractivity contribution is 5.59. The number of aromatic nitrogens is 1. The SMILES string of the molecule is N#Cc1cc(N)cnc1N1CCN(CC(F)(F)F)CC1. The molecule has 1 aromatic rings. The van der Waals surface area contributed by atoms with Gasteiger partial charge in [0.2, 0.25) is 0 Å². The summed E-state index contributed by atoms with van der Waals surface area (Å²) in [7, 11) is 0.